The molecule has 1 aromatic rings. The first-order valence-electron chi connectivity index (χ1n) is 6.58. The van der Waals surface area contributed by atoms with Crippen molar-refractivity contribution in [3.63, 3.8) is 0 Å². The minimum atomic E-state index is 0.754. The molecule has 0 aromatic carbocycles. The van der Waals surface area contributed by atoms with Crippen LogP contribution in [0.3, 0.4) is 0 Å². The Hall–Kier alpha value is -0.490. The van der Waals surface area contributed by atoms with E-state index in [1.807, 2.05) is 11.3 Å². The summed E-state index contributed by atoms with van der Waals surface area (Å²) in [6, 6.07) is 0. The summed E-state index contributed by atoms with van der Waals surface area (Å²) < 4.78 is 5.02. The third kappa shape index (κ3) is 5.02. The Labute approximate surface area is 114 Å². The molecule has 0 spiro atoms. The fourth-order valence-corrected chi connectivity index (χ4v) is 2.82. The van der Waals surface area contributed by atoms with Gasteiger partial charge >= 0.3 is 0 Å². The van der Waals surface area contributed by atoms with E-state index in [0.717, 1.165) is 45.0 Å². The summed E-state index contributed by atoms with van der Waals surface area (Å²) in [6.45, 7) is 12.1. The molecule has 0 saturated carbocycles. The van der Waals surface area contributed by atoms with Gasteiger partial charge in [0.05, 0.1) is 18.8 Å². The van der Waals surface area contributed by atoms with Crippen molar-refractivity contribution < 1.29 is 4.74 Å². The number of ether oxygens (including phenoxy) is 1. The predicted octanol–water partition coefficient (Wildman–Crippen LogP) is 2.03. The molecule has 0 unspecified atom stereocenters. The number of hydrogen-bond acceptors (Lipinski definition) is 5. The number of methoxy groups -OCH3 is 1. The molecule has 1 aromatic heterocycles. The lowest BCUT2D eigenvalue weighted by molar-refractivity contribution is 0.199. The van der Waals surface area contributed by atoms with E-state index in [2.05, 4.69) is 36.0 Å². The normalized spacial score (nSPS) is 11.4. The topological polar surface area (TPSA) is 37.4 Å². The molecular weight excluding hydrogens is 246 g/mol. The van der Waals surface area contributed by atoms with Crippen molar-refractivity contribution in [1.29, 1.82) is 0 Å². The van der Waals surface area contributed by atoms with Crippen LogP contribution in [0.15, 0.2) is 0 Å². The monoisotopic (exact) mass is 271 g/mol. The highest BCUT2D eigenvalue weighted by Crippen LogP contribution is 2.19. The van der Waals surface area contributed by atoms with E-state index in [0.29, 0.717) is 0 Å². The Morgan fingerprint density at radius 3 is 2.67 bits per heavy atom. The van der Waals surface area contributed by atoms with Crippen molar-refractivity contribution in [2.45, 2.75) is 33.9 Å². The van der Waals surface area contributed by atoms with E-state index < -0.39 is 0 Å². The first-order valence-corrected chi connectivity index (χ1v) is 7.40. The SMILES string of the molecule is CCN(CC)Cc1nc(C)c(CNCCOC)s1. The van der Waals surface area contributed by atoms with Crippen LogP contribution >= 0.6 is 11.3 Å². The average Bonchev–Trinajstić information content (AvgIpc) is 2.72. The van der Waals surface area contributed by atoms with Gasteiger partial charge in [0, 0.05) is 25.1 Å². The maximum absolute atomic E-state index is 5.02. The number of aryl methyl sites for hydroxylation is 1. The van der Waals surface area contributed by atoms with Crippen molar-refractivity contribution in [1.82, 2.24) is 15.2 Å². The van der Waals surface area contributed by atoms with Crippen molar-refractivity contribution >= 4 is 11.3 Å². The Kier molecular flexibility index (Phi) is 7.42. The molecule has 0 bridgehead atoms. The summed E-state index contributed by atoms with van der Waals surface area (Å²) in [5, 5.41) is 4.59. The number of thiazole rings is 1. The Morgan fingerprint density at radius 2 is 2.06 bits per heavy atom. The molecule has 0 aliphatic rings. The van der Waals surface area contributed by atoms with Crippen LogP contribution in [-0.4, -0.2) is 43.2 Å². The van der Waals surface area contributed by atoms with Crippen LogP contribution < -0.4 is 5.32 Å². The van der Waals surface area contributed by atoms with Crippen molar-refractivity contribution in [3.8, 4) is 0 Å². The van der Waals surface area contributed by atoms with E-state index in [9.17, 15) is 0 Å². The molecule has 4 nitrogen and oxygen atoms in total. The van der Waals surface area contributed by atoms with Gasteiger partial charge in [0.25, 0.3) is 0 Å². The average molecular weight is 271 g/mol. The molecule has 0 amide bonds. The zero-order valence-electron chi connectivity index (χ0n) is 12.0. The van der Waals surface area contributed by atoms with Gasteiger partial charge in [-0.15, -0.1) is 11.3 Å². The number of aromatic nitrogens is 1. The summed E-state index contributed by atoms with van der Waals surface area (Å²) in [6.07, 6.45) is 0. The fraction of sp³-hybridized carbons (Fsp3) is 0.769. The van der Waals surface area contributed by atoms with Crippen LogP contribution in [0.1, 0.15) is 29.4 Å². The molecule has 0 atom stereocenters. The number of nitrogens with zero attached hydrogens (tertiary/aromatic N) is 2. The summed E-state index contributed by atoms with van der Waals surface area (Å²) in [5.41, 5.74) is 1.16. The van der Waals surface area contributed by atoms with Gasteiger partial charge < -0.3 is 10.1 Å². The maximum atomic E-state index is 5.02. The largest absolute Gasteiger partial charge is 0.383 e. The minimum Gasteiger partial charge on any atom is -0.383 e. The molecule has 0 fully saturated rings. The van der Waals surface area contributed by atoms with Gasteiger partial charge in [-0.25, -0.2) is 4.98 Å². The van der Waals surface area contributed by atoms with Crippen LogP contribution in [0.4, 0.5) is 0 Å². The smallest absolute Gasteiger partial charge is 0.107 e. The lowest BCUT2D eigenvalue weighted by atomic mass is 10.4. The Morgan fingerprint density at radius 1 is 1.33 bits per heavy atom. The summed E-state index contributed by atoms with van der Waals surface area (Å²) in [5.74, 6) is 0. The number of rotatable bonds is 9. The second-order valence-electron chi connectivity index (χ2n) is 4.25. The van der Waals surface area contributed by atoms with Gasteiger partial charge in [-0.3, -0.25) is 4.90 Å². The second-order valence-corrected chi connectivity index (χ2v) is 5.42. The van der Waals surface area contributed by atoms with E-state index >= 15 is 0 Å². The van der Waals surface area contributed by atoms with Crippen molar-refractivity contribution in [3.05, 3.63) is 15.6 Å². The number of nitrogens with one attached hydrogen (secondary N) is 1. The van der Waals surface area contributed by atoms with Gasteiger partial charge in [-0.1, -0.05) is 13.8 Å². The van der Waals surface area contributed by atoms with Crippen LogP contribution in [0.25, 0.3) is 0 Å². The Bertz CT molecular complexity index is 337. The van der Waals surface area contributed by atoms with Crippen LogP contribution in [0.5, 0.6) is 0 Å². The van der Waals surface area contributed by atoms with E-state index in [1.54, 1.807) is 7.11 Å². The minimum absolute atomic E-state index is 0.754. The van der Waals surface area contributed by atoms with Gasteiger partial charge in [-0.05, 0) is 20.0 Å². The molecule has 0 saturated heterocycles. The molecule has 5 heteroatoms. The third-order valence-electron chi connectivity index (χ3n) is 2.96. The quantitative estimate of drug-likeness (QED) is 0.697. The molecule has 1 heterocycles. The lowest BCUT2D eigenvalue weighted by Gasteiger charge is -2.15. The molecule has 18 heavy (non-hydrogen) atoms. The van der Waals surface area contributed by atoms with Gasteiger partial charge in [-0.2, -0.15) is 0 Å². The highest BCUT2D eigenvalue weighted by Gasteiger charge is 2.09. The van der Waals surface area contributed by atoms with Crippen LogP contribution in [-0.2, 0) is 17.8 Å². The van der Waals surface area contributed by atoms with E-state index in [4.69, 9.17) is 4.74 Å². The summed E-state index contributed by atoms with van der Waals surface area (Å²) in [7, 11) is 1.72. The molecule has 0 radical (unpaired) electrons. The number of hydrogen-bond donors (Lipinski definition) is 1. The molecule has 104 valence electrons. The first-order chi connectivity index (χ1) is 8.71. The lowest BCUT2D eigenvalue weighted by Crippen LogP contribution is -2.21. The molecule has 1 N–H and O–H groups in total. The molecule has 0 aliphatic carbocycles. The summed E-state index contributed by atoms with van der Waals surface area (Å²) >= 11 is 1.82. The van der Waals surface area contributed by atoms with Crippen molar-refractivity contribution in [2.24, 2.45) is 0 Å². The van der Waals surface area contributed by atoms with Gasteiger partial charge in [0.2, 0.25) is 0 Å². The molecule has 1 rings (SSSR count). The van der Waals surface area contributed by atoms with Gasteiger partial charge in [0.15, 0.2) is 0 Å². The predicted molar refractivity (Wildman–Crippen MR) is 77.1 cm³/mol. The highest BCUT2D eigenvalue weighted by atomic mass is 32.1. The summed E-state index contributed by atoms with van der Waals surface area (Å²) in [4.78, 5) is 8.38. The fourth-order valence-electron chi connectivity index (χ4n) is 1.73. The van der Waals surface area contributed by atoms with Crippen LogP contribution in [0, 0.1) is 6.92 Å². The molecule has 0 aliphatic heterocycles. The zero-order chi connectivity index (χ0) is 13.4. The van der Waals surface area contributed by atoms with Gasteiger partial charge in [0.1, 0.15) is 5.01 Å². The zero-order valence-corrected chi connectivity index (χ0v) is 12.8. The van der Waals surface area contributed by atoms with E-state index in [-0.39, 0.29) is 0 Å². The maximum Gasteiger partial charge on any atom is 0.107 e. The van der Waals surface area contributed by atoms with Crippen LogP contribution in [0.2, 0.25) is 0 Å². The Balaban J connectivity index is 2.47. The first kappa shape index (κ1) is 15.6. The molecular formula is C13H25N3OS. The third-order valence-corrected chi connectivity index (χ3v) is 4.10. The highest BCUT2D eigenvalue weighted by molar-refractivity contribution is 7.11. The standard InChI is InChI=1S/C13H25N3OS/c1-5-16(6-2)10-13-15-11(3)12(18-13)9-14-7-8-17-4/h14H,5-10H2,1-4H3. The van der Waals surface area contributed by atoms with E-state index in [1.165, 1.54) is 9.88 Å². The van der Waals surface area contributed by atoms with Crippen molar-refractivity contribution in [2.75, 3.05) is 33.4 Å². The second kappa shape index (κ2) is 8.58.